The van der Waals surface area contributed by atoms with Crippen molar-refractivity contribution in [3.8, 4) is 0 Å². The van der Waals surface area contributed by atoms with Crippen LogP contribution in [-0.4, -0.2) is 69.3 Å². The molecule has 0 aliphatic rings. The number of hydrogen-bond donors (Lipinski definition) is 4. The average molecular weight is 707 g/mol. The maximum absolute atomic E-state index is 13.8. The van der Waals surface area contributed by atoms with Crippen molar-refractivity contribution in [2.45, 2.75) is 83.8 Å². The minimum Gasteiger partial charge on any atom is -0.444 e. The van der Waals surface area contributed by atoms with Gasteiger partial charge < -0.3 is 30.7 Å². The van der Waals surface area contributed by atoms with E-state index in [9.17, 15) is 19.5 Å². The molecule has 13 heteroatoms. The summed E-state index contributed by atoms with van der Waals surface area (Å²) in [6, 6.07) is 16.7. The molecule has 4 rings (SSSR count). The van der Waals surface area contributed by atoms with Gasteiger partial charge in [0.05, 0.1) is 39.8 Å². The summed E-state index contributed by atoms with van der Waals surface area (Å²) < 4.78 is 5.44. The van der Waals surface area contributed by atoms with Crippen molar-refractivity contribution in [1.82, 2.24) is 30.8 Å². The lowest BCUT2D eigenvalue weighted by molar-refractivity contribution is -0.125. The Balaban J connectivity index is 1.47. The molecule has 0 saturated carbocycles. The smallest absolute Gasteiger partial charge is 0.407 e. The van der Waals surface area contributed by atoms with E-state index < -0.39 is 42.3 Å². The van der Waals surface area contributed by atoms with Gasteiger partial charge in [-0.25, -0.2) is 14.6 Å². The van der Waals surface area contributed by atoms with Crippen LogP contribution in [0, 0.1) is 5.92 Å². The van der Waals surface area contributed by atoms with Gasteiger partial charge in [0.1, 0.15) is 12.6 Å². The number of aliphatic hydroxyl groups is 1. The van der Waals surface area contributed by atoms with Crippen molar-refractivity contribution in [1.29, 1.82) is 0 Å². The number of carbonyl (C=O) groups is 3. The molecular weight excluding hydrogens is 661 g/mol. The van der Waals surface area contributed by atoms with Gasteiger partial charge in [-0.1, -0.05) is 81.4 Å². The first-order valence-electron chi connectivity index (χ1n) is 16.4. The Kier molecular flexibility index (Phi) is 14.5. The number of alkyl carbamates (subject to hydrolysis) is 1. The summed E-state index contributed by atoms with van der Waals surface area (Å²) in [5.41, 5.74) is 4.36. The molecule has 4 atom stereocenters. The van der Waals surface area contributed by atoms with E-state index in [2.05, 4.69) is 25.9 Å². The predicted molar refractivity (Wildman–Crippen MR) is 192 cm³/mol. The summed E-state index contributed by atoms with van der Waals surface area (Å²) in [6.07, 6.45) is 1.72. The Bertz CT molecular complexity index is 1590. The van der Waals surface area contributed by atoms with E-state index in [0.717, 1.165) is 33.1 Å². The first-order valence-corrected chi connectivity index (χ1v) is 18.2. The number of aryl methyl sites for hydroxylation is 1. The molecule has 1 unspecified atom stereocenters. The highest BCUT2D eigenvalue weighted by atomic mass is 32.1. The molecule has 11 nitrogen and oxygen atoms in total. The number of rotatable bonds is 17. The van der Waals surface area contributed by atoms with Crippen LogP contribution in [0.25, 0.3) is 0 Å². The van der Waals surface area contributed by atoms with Crippen LogP contribution in [0.1, 0.15) is 53.9 Å². The third kappa shape index (κ3) is 12.3. The quantitative estimate of drug-likeness (QED) is 0.116. The number of carbonyl (C=O) groups excluding carboxylic acids is 3. The van der Waals surface area contributed by atoms with E-state index in [1.807, 2.05) is 86.8 Å². The van der Waals surface area contributed by atoms with E-state index in [1.165, 1.54) is 16.2 Å². The second-order valence-electron chi connectivity index (χ2n) is 12.3. The van der Waals surface area contributed by atoms with Gasteiger partial charge in [0, 0.05) is 24.7 Å². The highest BCUT2D eigenvalue weighted by Gasteiger charge is 2.31. The molecule has 0 saturated heterocycles. The number of ether oxygens (including phenoxy) is 1. The largest absolute Gasteiger partial charge is 0.444 e. The molecule has 0 bridgehead atoms. The molecular formula is C36H46N6O5S2. The summed E-state index contributed by atoms with van der Waals surface area (Å²) in [6.45, 7) is 6.15. The fraction of sp³-hybridized carbons (Fsp3) is 0.417. The molecule has 262 valence electrons. The van der Waals surface area contributed by atoms with Gasteiger partial charge in [0.2, 0.25) is 5.91 Å². The SMILES string of the molecule is CCc1nc(CN(C)C(=O)NC(C(=O)N[C@@H](Cc2ccccc2)[C@@H](O)C[C@H](Cc2ccccc2)NC(=O)OCc2cncs2)C(C)C)cs1. The van der Waals surface area contributed by atoms with Crippen LogP contribution in [0.2, 0.25) is 0 Å². The molecule has 0 spiro atoms. The van der Waals surface area contributed by atoms with Gasteiger partial charge in [0.25, 0.3) is 0 Å². The van der Waals surface area contributed by atoms with Gasteiger partial charge in [-0.3, -0.25) is 9.78 Å². The van der Waals surface area contributed by atoms with Crippen LogP contribution in [0.4, 0.5) is 9.59 Å². The number of amides is 4. The maximum Gasteiger partial charge on any atom is 0.407 e. The topological polar surface area (TPSA) is 146 Å². The minimum absolute atomic E-state index is 0.0881. The second-order valence-corrected chi connectivity index (χ2v) is 14.2. The number of aliphatic hydroxyl groups excluding tert-OH is 1. The van der Waals surface area contributed by atoms with Gasteiger partial charge in [0.15, 0.2) is 0 Å². The molecule has 4 N–H and O–H groups in total. The van der Waals surface area contributed by atoms with Crippen molar-refractivity contribution >= 4 is 40.7 Å². The zero-order chi connectivity index (χ0) is 35.2. The number of benzene rings is 2. The lowest BCUT2D eigenvalue weighted by atomic mass is 9.93. The normalized spacial score (nSPS) is 13.6. The Morgan fingerprint density at radius 3 is 2.20 bits per heavy atom. The third-order valence-electron chi connectivity index (χ3n) is 7.97. The highest BCUT2D eigenvalue weighted by molar-refractivity contribution is 7.09. The molecule has 2 aromatic carbocycles. The third-order valence-corrected chi connectivity index (χ3v) is 9.76. The van der Waals surface area contributed by atoms with Crippen LogP contribution in [0.3, 0.4) is 0 Å². The number of thiazole rings is 2. The molecule has 49 heavy (non-hydrogen) atoms. The van der Waals surface area contributed by atoms with E-state index >= 15 is 0 Å². The minimum atomic E-state index is -1.05. The molecule has 2 aromatic heterocycles. The number of nitrogens with one attached hydrogen (secondary N) is 3. The lowest BCUT2D eigenvalue weighted by Crippen LogP contribution is -2.57. The first-order chi connectivity index (χ1) is 23.6. The Labute approximate surface area is 296 Å². The molecule has 2 heterocycles. The van der Waals surface area contributed by atoms with Crippen molar-refractivity contribution in [3.63, 3.8) is 0 Å². The van der Waals surface area contributed by atoms with Crippen LogP contribution in [0.5, 0.6) is 0 Å². The van der Waals surface area contributed by atoms with Crippen LogP contribution < -0.4 is 16.0 Å². The summed E-state index contributed by atoms with van der Waals surface area (Å²) in [4.78, 5) is 50.8. The highest BCUT2D eigenvalue weighted by Crippen LogP contribution is 2.17. The molecule has 0 fully saturated rings. The number of urea groups is 1. The first kappa shape index (κ1) is 37.5. The molecule has 0 aliphatic heterocycles. The fourth-order valence-corrected chi connectivity index (χ4v) is 6.55. The predicted octanol–water partition coefficient (Wildman–Crippen LogP) is 5.34. The van der Waals surface area contributed by atoms with Gasteiger partial charge in [-0.15, -0.1) is 22.7 Å². The molecule has 0 aliphatic carbocycles. The number of nitrogens with zero attached hydrogens (tertiary/aromatic N) is 3. The van der Waals surface area contributed by atoms with Gasteiger partial charge in [-0.2, -0.15) is 0 Å². The summed E-state index contributed by atoms with van der Waals surface area (Å²) >= 11 is 2.95. The lowest BCUT2D eigenvalue weighted by Gasteiger charge is -2.31. The van der Waals surface area contributed by atoms with Gasteiger partial charge >= 0.3 is 12.1 Å². The Morgan fingerprint density at radius 1 is 0.939 bits per heavy atom. The maximum atomic E-state index is 13.8. The van der Waals surface area contributed by atoms with Crippen molar-refractivity contribution in [2.24, 2.45) is 5.92 Å². The number of aromatic nitrogens is 2. The Morgan fingerprint density at radius 2 is 1.61 bits per heavy atom. The van der Waals surface area contributed by atoms with Crippen molar-refractivity contribution in [2.75, 3.05) is 7.05 Å². The van der Waals surface area contributed by atoms with Crippen molar-refractivity contribution < 1.29 is 24.2 Å². The van der Waals surface area contributed by atoms with Crippen LogP contribution >= 0.6 is 22.7 Å². The van der Waals surface area contributed by atoms with Crippen LogP contribution in [0.15, 0.2) is 77.8 Å². The molecule has 0 radical (unpaired) electrons. The summed E-state index contributed by atoms with van der Waals surface area (Å²) in [5.74, 6) is -0.645. The monoisotopic (exact) mass is 706 g/mol. The standard InChI is InChI=1S/C36H46N6O5S2/c1-5-32-38-28(22-48-32)20-42(4)35(45)41-33(24(2)3)34(44)40-30(17-26-14-10-7-11-15-26)31(43)18-27(16-25-12-8-6-9-13-25)39-36(46)47-21-29-19-37-23-49-29/h6-15,19,22-24,27,30-31,33,43H,5,16-18,20-21H2,1-4H3,(H,39,46)(H,40,44)(H,41,45)/t27-,30-,31-,33?/m0/s1. The average Bonchev–Trinajstić information content (AvgIpc) is 3.79. The van der Waals surface area contributed by atoms with Crippen molar-refractivity contribution in [3.05, 3.63) is 104 Å². The van der Waals surface area contributed by atoms with E-state index in [1.54, 1.807) is 30.1 Å². The Hall–Kier alpha value is -4.33. The summed E-state index contributed by atoms with van der Waals surface area (Å²) in [5, 5.41) is 23.5. The molecule has 4 amide bonds. The zero-order valence-corrected chi connectivity index (χ0v) is 30.0. The van der Waals surface area contributed by atoms with E-state index in [4.69, 9.17) is 4.74 Å². The van der Waals surface area contributed by atoms with Crippen LogP contribution in [-0.2, 0) is 41.9 Å². The molecule has 4 aromatic rings. The fourth-order valence-electron chi connectivity index (χ4n) is 5.31. The zero-order valence-electron chi connectivity index (χ0n) is 28.4. The second kappa shape index (κ2) is 19.0. The van der Waals surface area contributed by atoms with Gasteiger partial charge in [-0.05, 0) is 42.7 Å². The summed E-state index contributed by atoms with van der Waals surface area (Å²) in [7, 11) is 1.67. The number of hydrogen-bond acceptors (Lipinski definition) is 9. The van der Waals surface area contributed by atoms with E-state index in [-0.39, 0.29) is 18.9 Å². The van der Waals surface area contributed by atoms with E-state index in [0.29, 0.717) is 19.4 Å².